The first kappa shape index (κ1) is 22.7. The Morgan fingerprint density at radius 3 is 2.33 bits per heavy atom. The topological polar surface area (TPSA) is 105 Å². The van der Waals surface area contributed by atoms with Gasteiger partial charge in [0.2, 0.25) is 17.7 Å². The number of amides is 3. The Balaban J connectivity index is 1.41. The van der Waals surface area contributed by atoms with Crippen molar-refractivity contribution in [2.75, 3.05) is 25.5 Å². The van der Waals surface area contributed by atoms with E-state index in [4.69, 9.17) is 10.5 Å². The molecule has 2 heterocycles. The third-order valence-electron chi connectivity index (χ3n) is 6.51. The number of nitrogens with zero attached hydrogens (tertiary/aromatic N) is 2. The van der Waals surface area contributed by atoms with Crippen molar-refractivity contribution in [2.45, 2.75) is 37.4 Å². The molecule has 1 unspecified atom stereocenters. The van der Waals surface area contributed by atoms with Crippen LogP contribution in [0.2, 0.25) is 0 Å². The molecule has 9 heteroatoms. The summed E-state index contributed by atoms with van der Waals surface area (Å²) in [4.78, 5) is 41.2. The second-order valence-corrected chi connectivity index (χ2v) is 8.50. The number of ether oxygens (including phenoxy) is 1. The number of methoxy groups -OCH3 is 1. The molecule has 0 radical (unpaired) electrons. The molecule has 2 aliphatic rings. The van der Waals surface area contributed by atoms with Crippen LogP contribution >= 0.6 is 0 Å². The number of hydrogen-bond donors (Lipinski definition) is 2. The number of benzene rings is 2. The van der Waals surface area contributed by atoms with E-state index in [1.54, 1.807) is 31.4 Å². The van der Waals surface area contributed by atoms with Gasteiger partial charge in [-0.2, -0.15) is 0 Å². The van der Waals surface area contributed by atoms with Crippen LogP contribution < -0.4 is 15.8 Å². The van der Waals surface area contributed by atoms with Crippen molar-refractivity contribution in [1.82, 2.24) is 9.80 Å². The van der Waals surface area contributed by atoms with Crippen LogP contribution in [0.5, 0.6) is 5.75 Å². The van der Waals surface area contributed by atoms with Gasteiger partial charge in [-0.3, -0.25) is 24.2 Å². The molecule has 8 nitrogen and oxygen atoms in total. The molecule has 2 aliphatic heterocycles. The van der Waals surface area contributed by atoms with Gasteiger partial charge in [-0.1, -0.05) is 12.1 Å². The molecule has 0 aromatic heterocycles. The molecular formula is C24H27FN4O4. The Morgan fingerprint density at radius 1 is 1.12 bits per heavy atom. The van der Waals surface area contributed by atoms with Gasteiger partial charge >= 0.3 is 0 Å². The summed E-state index contributed by atoms with van der Waals surface area (Å²) in [6.07, 6.45) is 0.857. The highest BCUT2D eigenvalue weighted by molar-refractivity contribution is 6.05. The van der Waals surface area contributed by atoms with E-state index in [9.17, 15) is 18.8 Å². The van der Waals surface area contributed by atoms with Gasteiger partial charge < -0.3 is 15.8 Å². The highest BCUT2D eigenvalue weighted by Gasteiger charge is 2.46. The van der Waals surface area contributed by atoms with Crippen LogP contribution in [0.4, 0.5) is 10.1 Å². The number of piperidine rings is 1. The molecule has 1 atom stereocenters. The zero-order valence-corrected chi connectivity index (χ0v) is 18.4. The molecule has 174 valence electrons. The quantitative estimate of drug-likeness (QED) is 0.619. The summed E-state index contributed by atoms with van der Waals surface area (Å²) in [5.74, 6) is -0.601. The maximum absolute atomic E-state index is 13.2. The van der Waals surface area contributed by atoms with Gasteiger partial charge in [0.1, 0.15) is 17.1 Å². The van der Waals surface area contributed by atoms with E-state index < -0.39 is 17.5 Å². The number of rotatable bonds is 7. The fraction of sp³-hybridized carbons (Fsp3) is 0.375. The van der Waals surface area contributed by atoms with E-state index in [1.807, 2.05) is 17.0 Å². The molecule has 2 fully saturated rings. The number of likely N-dealkylation sites (tertiary alicyclic amines) is 2. The summed E-state index contributed by atoms with van der Waals surface area (Å²) < 4.78 is 18.4. The smallest absolute Gasteiger partial charge is 0.247 e. The lowest BCUT2D eigenvalue weighted by atomic mass is 9.85. The molecule has 3 amide bonds. The van der Waals surface area contributed by atoms with Crippen molar-refractivity contribution in [2.24, 2.45) is 5.73 Å². The molecule has 3 N–H and O–H groups in total. The number of anilines is 1. The zero-order chi connectivity index (χ0) is 23.6. The third kappa shape index (κ3) is 4.68. The predicted molar refractivity (Wildman–Crippen MR) is 120 cm³/mol. The van der Waals surface area contributed by atoms with Gasteiger partial charge in [0.05, 0.1) is 26.1 Å². The van der Waals surface area contributed by atoms with Crippen molar-refractivity contribution in [1.29, 1.82) is 0 Å². The summed E-state index contributed by atoms with van der Waals surface area (Å²) in [5.41, 5.74) is 6.17. The number of nitrogens with one attached hydrogen (secondary N) is 1. The Bertz CT molecular complexity index is 1030. The Kier molecular flexibility index (Phi) is 6.33. The average molecular weight is 455 g/mol. The number of imide groups is 1. The standard InChI is InChI=1S/C24H27FN4O4/c1-33-19-8-2-16(3-9-19)15-29-21(30)14-20(22(29)31)28-12-10-24(11-13-28,23(26)32)27-18-6-4-17(25)5-7-18/h2-9,20,27H,10-15H2,1H3,(H2,26,32). The maximum atomic E-state index is 13.2. The lowest BCUT2D eigenvalue weighted by Gasteiger charge is -2.42. The lowest BCUT2D eigenvalue weighted by Crippen LogP contribution is -2.59. The first-order chi connectivity index (χ1) is 15.8. The molecule has 4 rings (SSSR count). The molecule has 0 aliphatic carbocycles. The lowest BCUT2D eigenvalue weighted by molar-refractivity contribution is -0.140. The largest absolute Gasteiger partial charge is 0.497 e. The van der Waals surface area contributed by atoms with E-state index in [2.05, 4.69) is 5.32 Å². The molecule has 2 aromatic carbocycles. The van der Waals surface area contributed by atoms with Crippen molar-refractivity contribution in [3.05, 3.63) is 59.9 Å². The average Bonchev–Trinajstić information content (AvgIpc) is 3.09. The number of primary amides is 1. The Morgan fingerprint density at radius 2 is 1.76 bits per heavy atom. The normalized spacial score (nSPS) is 20.7. The molecule has 0 spiro atoms. The molecule has 33 heavy (non-hydrogen) atoms. The van der Waals surface area contributed by atoms with Gasteiger partial charge in [0.15, 0.2) is 0 Å². The number of hydrogen-bond acceptors (Lipinski definition) is 6. The molecule has 0 saturated carbocycles. The fourth-order valence-electron chi connectivity index (χ4n) is 4.49. The van der Waals surface area contributed by atoms with E-state index in [-0.39, 0.29) is 30.6 Å². The van der Waals surface area contributed by atoms with Crippen LogP contribution in [0.3, 0.4) is 0 Å². The van der Waals surface area contributed by atoms with E-state index in [0.717, 1.165) is 5.56 Å². The molecular weight excluding hydrogens is 427 g/mol. The fourth-order valence-corrected chi connectivity index (χ4v) is 4.49. The second kappa shape index (κ2) is 9.19. The van der Waals surface area contributed by atoms with Crippen molar-refractivity contribution in [3.63, 3.8) is 0 Å². The van der Waals surface area contributed by atoms with Crippen LogP contribution in [0.1, 0.15) is 24.8 Å². The Hall–Kier alpha value is -3.46. The minimum atomic E-state index is -0.997. The summed E-state index contributed by atoms with van der Waals surface area (Å²) in [6, 6.07) is 12.4. The maximum Gasteiger partial charge on any atom is 0.247 e. The van der Waals surface area contributed by atoms with E-state index >= 15 is 0 Å². The minimum absolute atomic E-state index is 0.115. The van der Waals surface area contributed by atoms with Crippen LogP contribution in [-0.2, 0) is 20.9 Å². The van der Waals surface area contributed by atoms with Gasteiger partial charge in [-0.05, 0) is 54.8 Å². The first-order valence-electron chi connectivity index (χ1n) is 10.9. The van der Waals surface area contributed by atoms with Gasteiger partial charge in [0, 0.05) is 18.8 Å². The number of carbonyl (C=O) groups is 3. The SMILES string of the molecule is COc1ccc(CN2C(=O)CC(N3CCC(Nc4ccc(F)cc4)(C(N)=O)CC3)C2=O)cc1. The van der Waals surface area contributed by atoms with Crippen LogP contribution in [0.25, 0.3) is 0 Å². The van der Waals surface area contributed by atoms with E-state index in [0.29, 0.717) is 37.4 Å². The van der Waals surface area contributed by atoms with Crippen molar-refractivity contribution < 1.29 is 23.5 Å². The first-order valence-corrected chi connectivity index (χ1v) is 10.9. The monoisotopic (exact) mass is 454 g/mol. The number of halogens is 1. The summed E-state index contributed by atoms with van der Waals surface area (Å²) in [7, 11) is 1.58. The van der Waals surface area contributed by atoms with Gasteiger partial charge in [-0.15, -0.1) is 0 Å². The van der Waals surface area contributed by atoms with Gasteiger partial charge in [-0.25, -0.2) is 4.39 Å². The zero-order valence-electron chi connectivity index (χ0n) is 18.4. The van der Waals surface area contributed by atoms with Crippen LogP contribution in [0, 0.1) is 5.82 Å². The summed E-state index contributed by atoms with van der Waals surface area (Å²) in [6.45, 7) is 1.07. The van der Waals surface area contributed by atoms with Crippen molar-refractivity contribution >= 4 is 23.4 Å². The highest BCUT2D eigenvalue weighted by atomic mass is 19.1. The number of nitrogens with two attached hydrogens (primary N) is 1. The van der Waals surface area contributed by atoms with Crippen molar-refractivity contribution in [3.8, 4) is 5.75 Å². The summed E-state index contributed by atoms with van der Waals surface area (Å²) in [5, 5.41) is 3.16. The highest BCUT2D eigenvalue weighted by Crippen LogP contribution is 2.31. The molecule has 2 saturated heterocycles. The van der Waals surface area contributed by atoms with Crippen LogP contribution in [0.15, 0.2) is 48.5 Å². The van der Waals surface area contributed by atoms with Crippen LogP contribution in [-0.4, -0.2) is 59.3 Å². The summed E-state index contributed by atoms with van der Waals surface area (Å²) >= 11 is 0. The minimum Gasteiger partial charge on any atom is -0.497 e. The molecule has 0 bridgehead atoms. The number of carbonyl (C=O) groups excluding carboxylic acids is 3. The van der Waals surface area contributed by atoms with Gasteiger partial charge in [0.25, 0.3) is 0 Å². The predicted octanol–water partition coefficient (Wildman–Crippen LogP) is 1.89. The second-order valence-electron chi connectivity index (χ2n) is 8.50. The van der Waals surface area contributed by atoms with E-state index in [1.165, 1.54) is 17.0 Å². The Labute approximate surface area is 191 Å². The molecule has 2 aromatic rings. The third-order valence-corrected chi connectivity index (χ3v) is 6.51.